The summed E-state index contributed by atoms with van der Waals surface area (Å²) in [7, 11) is 1.54. The highest BCUT2D eigenvalue weighted by atomic mass is 32.1. The Morgan fingerprint density at radius 2 is 1.91 bits per heavy atom. The molecule has 3 heterocycles. The molecule has 0 radical (unpaired) electrons. The van der Waals surface area contributed by atoms with Gasteiger partial charge in [-0.25, -0.2) is 0 Å². The molecule has 0 aliphatic heterocycles. The lowest BCUT2D eigenvalue weighted by Gasteiger charge is -2.07. The minimum absolute atomic E-state index is 0.262. The van der Waals surface area contributed by atoms with E-state index in [0.29, 0.717) is 32.4 Å². The third-order valence-corrected chi connectivity index (χ3v) is 5.86. The predicted octanol–water partition coefficient (Wildman–Crippen LogP) is 4.65. The van der Waals surface area contributed by atoms with E-state index in [-0.39, 0.29) is 16.9 Å². The molecule has 3 aromatic heterocycles. The zero-order valence-electron chi connectivity index (χ0n) is 17.0. The summed E-state index contributed by atoms with van der Waals surface area (Å²) in [6.45, 7) is 0. The summed E-state index contributed by atoms with van der Waals surface area (Å²) in [5.41, 5.74) is -0.186. The number of fused-ring (bicyclic) bond motifs is 1. The van der Waals surface area contributed by atoms with Gasteiger partial charge in [0.1, 0.15) is 21.8 Å². The summed E-state index contributed by atoms with van der Waals surface area (Å²) in [5, 5.41) is 4.31. The van der Waals surface area contributed by atoms with Crippen LogP contribution in [0.25, 0.3) is 33.7 Å². The van der Waals surface area contributed by atoms with Crippen LogP contribution in [0.2, 0.25) is 0 Å². The van der Waals surface area contributed by atoms with Gasteiger partial charge in [0.2, 0.25) is 4.96 Å². The molecule has 2 aromatic carbocycles. The van der Waals surface area contributed by atoms with Gasteiger partial charge in [-0.05, 0) is 36.4 Å². The van der Waals surface area contributed by atoms with Crippen LogP contribution in [-0.4, -0.2) is 21.7 Å². The molecule has 0 N–H and O–H groups in total. The van der Waals surface area contributed by atoms with Crippen LogP contribution in [-0.2, 0) is 6.18 Å². The first-order valence-electron chi connectivity index (χ1n) is 9.65. The number of ether oxygens (including phenoxy) is 1. The topological polar surface area (TPSA) is 69.6 Å². The van der Waals surface area contributed by atoms with E-state index < -0.39 is 11.7 Å². The van der Waals surface area contributed by atoms with Crippen molar-refractivity contribution >= 4 is 22.4 Å². The number of para-hydroxylation sites is 1. The second kappa shape index (κ2) is 7.89. The van der Waals surface area contributed by atoms with Crippen LogP contribution in [0.5, 0.6) is 5.75 Å². The lowest BCUT2D eigenvalue weighted by molar-refractivity contribution is -0.137. The van der Waals surface area contributed by atoms with Crippen LogP contribution in [0, 0.1) is 0 Å². The average molecular weight is 469 g/mol. The van der Waals surface area contributed by atoms with Crippen LogP contribution in [0.4, 0.5) is 13.2 Å². The molecule has 10 heteroatoms. The van der Waals surface area contributed by atoms with Crippen molar-refractivity contribution in [3.05, 3.63) is 86.9 Å². The highest BCUT2D eigenvalue weighted by molar-refractivity contribution is 7.15. The van der Waals surface area contributed by atoms with E-state index in [1.807, 2.05) is 12.1 Å². The number of hydrogen-bond donors (Lipinski definition) is 0. The predicted molar refractivity (Wildman–Crippen MR) is 117 cm³/mol. The van der Waals surface area contributed by atoms with Gasteiger partial charge >= 0.3 is 6.18 Å². The van der Waals surface area contributed by atoms with Crippen molar-refractivity contribution in [2.24, 2.45) is 0 Å². The fraction of sp³-hybridized carbons (Fsp3) is 0.0870. The van der Waals surface area contributed by atoms with E-state index >= 15 is 0 Å². The summed E-state index contributed by atoms with van der Waals surface area (Å²) in [5.74, 6) is 1.55. The van der Waals surface area contributed by atoms with Gasteiger partial charge in [0.05, 0.1) is 18.2 Å². The summed E-state index contributed by atoms with van der Waals surface area (Å²) in [4.78, 5) is 17.6. The van der Waals surface area contributed by atoms with E-state index in [2.05, 4.69) is 10.1 Å². The Balaban J connectivity index is 1.50. The summed E-state index contributed by atoms with van der Waals surface area (Å²) >= 11 is 1.13. The van der Waals surface area contributed by atoms with Crippen molar-refractivity contribution in [2.45, 2.75) is 6.18 Å². The maximum atomic E-state index is 13.0. The molecule has 5 rings (SSSR count). The normalized spacial score (nSPS) is 12.5. The van der Waals surface area contributed by atoms with E-state index in [4.69, 9.17) is 9.15 Å². The van der Waals surface area contributed by atoms with Gasteiger partial charge in [-0.1, -0.05) is 35.6 Å². The van der Waals surface area contributed by atoms with E-state index in [1.54, 1.807) is 31.4 Å². The maximum Gasteiger partial charge on any atom is 0.416 e. The molecule has 0 saturated heterocycles. The zero-order valence-corrected chi connectivity index (χ0v) is 17.8. The average Bonchev–Trinajstić information content (AvgIpc) is 3.51. The van der Waals surface area contributed by atoms with Crippen LogP contribution in [0.3, 0.4) is 0 Å². The number of benzene rings is 2. The van der Waals surface area contributed by atoms with Crippen molar-refractivity contribution in [1.82, 2.24) is 14.6 Å². The van der Waals surface area contributed by atoms with Crippen LogP contribution < -0.4 is 14.8 Å². The third kappa shape index (κ3) is 3.89. The van der Waals surface area contributed by atoms with Crippen molar-refractivity contribution < 1.29 is 22.3 Å². The van der Waals surface area contributed by atoms with Gasteiger partial charge in [-0.15, -0.1) is 5.10 Å². The quantitative estimate of drug-likeness (QED) is 0.383. The van der Waals surface area contributed by atoms with Gasteiger partial charge < -0.3 is 9.15 Å². The minimum atomic E-state index is -4.45. The number of alkyl halides is 3. The standard InChI is InChI=1S/C23H14F3N3O3S/c1-31-18-8-3-2-7-16(18)20-27-22-29(28-20)21(30)19(33-22)12-15-9-10-17(32-15)13-5-4-6-14(11-13)23(24,25)26/h2-12H,1H3. The Morgan fingerprint density at radius 3 is 2.67 bits per heavy atom. The second-order valence-electron chi connectivity index (χ2n) is 7.03. The van der Waals surface area contributed by atoms with Crippen molar-refractivity contribution in [2.75, 3.05) is 7.11 Å². The number of nitrogens with zero attached hydrogens (tertiary/aromatic N) is 3. The molecule has 0 unspecified atom stereocenters. The number of aromatic nitrogens is 3. The van der Waals surface area contributed by atoms with Crippen molar-refractivity contribution in [1.29, 1.82) is 0 Å². The monoisotopic (exact) mass is 469 g/mol. The molecular formula is C23H14F3N3O3S. The van der Waals surface area contributed by atoms with Crippen LogP contribution in [0.15, 0.2) is 69.9 Å². The Hall–Kier alpha value is -3.92. The van der Waals surface area contributed by atoms with Gasteiger partial charge in [0, 0.05) is 11.6 Å². The number of furan rings is 1. The molecule has 0 bridgehead atoms. The molecule has 0 saturated carbocycles. The molecule has 0 spiro atoms. The summed E-state index contributed by atoms with van der Waals surface area (Å²) in [6, 6.07) is 15.2. The Bertz CT molecular complexity index is 1580. The van der Waals surface area contributed by atoms with E-state index in [0.717, 1.165) is 23.5 Å². The molecule has 5 aromatic rings. The molecule has 166 valence electrons. The van der Waals surface area contributed by atoms with Gasteiger partial charge in [-0.2, -0.15) is 22.7 Å². The Labute approximate surface area is 188 Å². The first kappa shape index (κ1) is 21.0. The summed E-state index contributed by atoms with van der Waals surface area (Å²) < 4.78 is 51.5. The molecule has 0 amide bonds. The Kier molecular flexibility index (Phi) is 5.01. The molecule has 0 atom stereocenters. The summed E-state index contributed by atoms with van der Waals surface area (Å²) in [6.07, 6.45) is -2.93. The first-order valence-corrected chi connectivity index (χ1v) is 10.5. The lowest BCUT2D eigenvalue weighted by Crippen LogP contribution is -2.23. The number of halogens is 3. The Morgan fingerprint density at radius 1 is 1.09 bits per heavy atom. The second-order valence-corrected chi connectivity index (χ2v) is 8.04. The molecular weight excluding hydrogens is 455 g/mol. The highest BCUT2D eigenvalue weighted by Crippen LogP contribution is 2.33. The number of thiazole rings is 1. The van der Waals surface area contributed by atoms with E-state index in [1.165, 1.54) is 22.7 Å². The van der Waals surface area contributed by atoms with Crippen LogP contribution >= 0.6 is 11.3 Å². The third-order valence-electron chi connectivity index (χ3n) is 4.90. The van der Waals surface area contributed by atoms with E-state index in [9.17, 15) is 18.0 Å². The van der Waals surface area contributed by atoms with Gasteiger partial charge in [0.15, 0.2) is 5.82 Å². The fourth-order valence-electron chi connectivity index (χ4n) is 3.34. The number of hydrogen-bond acceptors (Lipinski definition) is 6. The molecule has 0 aliphatic carbocycles. The van der Waals surface area contributed by atoms with Crippen molar-refractivity contribution in [3.63, 3.8) is 0 Å². The SMILES string of the molecule is COc1ccccc1-c1nc2sc(=Cc3ccc(-c4cccc(C(F)(F)F)c4)o3)c(=O)n2n1. The minimum Gasteiger partial charge on any atom is -0.496 e. The molecule has 0 fully saturated rings. The van der Waals surface area contributed by atoms with Gasteiger partial charge in [0.25, 0.3) is 5.56 Å². The first-order chi connectivity index (χ1) is 15.8. The largest absolute Gasteiger partial charge is 0.496 e. The molecule has 0 aliphatic rings. The fourth-order valence-corrected chi connectivity index (χ4v) is 4.23. The van der Waals surface area contributed by atoms with Crippen molar-refractivity contribution in [3.8, 4) is 28.5 Å². The molecule has 6 nitrogen and oxygen atoms in total. The van der Waals surface area contributed by atoms with Gasteiger partial charge in [-0.3, -0.25) is 4.79 Å². The number of rotatable bonds is 4. The maximum absolute atomic E-state index is 13.0. The smallest absolute Gasteiger partial charge is 0.416 e. The lowest BCUT2D eigenvalue weighted by atomic mass is 10.1. The highest BCUT2D eigenvalue weighted by Gasteiger charge is 2.30. The number of methoxy groups -OCH3 is 1. The van der Waals surface area contributed by atoms with Crippen LogP contribution in [0.1, 0.15) is 11.3 Å². The zero-order chi connectivity index (χ0) is 23.2. The molecule has 33 heavy (non-hydrogen) atoms.